The second-order valence-electron chi connectivity index (χ2n) is 3.32. The van der Waals surface area contributed by atoms with Crippen molar-refractivity contribution in [1.29, 1.82) is 0 Å². The molecular weight excluding hydrogens is 345 g/mol. The van der Waals surface area contributed by atoms with Gasteiger partial charge >= 0.3 is 0 Å². The van der Waals surface area contributed by atoms with Gasteiger partial charge < -0.3 is 15.9 Å². The zero-order valence-corrected chi connectivity index (χ0v) is 11.0. The number of halogens is 6. The number of nitrogens with two attached hydrogens (primary N) is 1. The predicted octanol–water partition coefficient (Wildman–Crippen LogP) is 2.48. The van der Waals surface area contributed by atoms with Crippen molar-refractivity contribution in [1.82, 2.24) is 0 Å². The summed E-state index contributed by atoms with van der Waals surface area (Å²) >= 11 is 2.60. The molecule has 0 amide bonds. The lowest BCUT2D eigenvalue weighted by Crippen LogP contribution is -2.36. The number of phenols is 1. The van der Waals surface area contributed by atoms with E-state index < -0.39 is 46.0 Å². The fraction of sp³-hybridized carbons (Fsp3) is 0.333. The van der Waals surface area contributed by atoms with Crippen LogP contribution >= 0.6 is 28.3 Å². The molecule has 1 aromatic carbocycles. The number of rotatable bonds is 3. The molecular formula is C9H9BrClF4NO2. The van der Waals surface area contributed by atoms with Gasteiger partial charge in [-0.15, -0.1) is 12.4 Å². The SMILES string of the molecule is Cl.N[C@H](c1cc(Br)c(F)c(F)c1O)C(F)(F)CO. The average Bonchev–Trinajstić information content (AvgIpc) is 2.30. The minimum atomic E-state index is -3.76. The number of alkyl halides is 2. The van der Waals surface area contributed by atoms with Gasteiger partial charge in [-0.3, -0.25) is 0 Å². The summed E-state index contributed by atoms with van der Waals surface area (Å²) in [5.74, 6) is -8.16. The normalized spacial score (nSPS) is 13.1. The number of aliphatic hydroxyl groups is 1. The Balaban J connectivity index is 0.00000289. The van der Waals surface area contributed by atoms with E-state index in [9.17, 15) is 22.7 Å². The fourth-order valence-corrected chi connectivity index (χ4v) is 1.59. The highest BCUT2D eigenvalue weighted by molar-refractivity contribution is 9.10. The van der Waals surface area contributed by atoms with E-state index in [1.54, 1.807) is 0 Å². The van der Waals surface area contributed by atoms with Crippen LogP contribution in [0.3, 0.4) is 0 Å². The molecule has 0 fully saturated rings. The Morgan fingerprint density at radius 3 is 2.28 bits per heavy atom. The number of benzene rings is 1. The molecule has 104 valence electrons. The van der Waals surface area contributed by atoms with Crippen molar-refractivity contribution in [3.63, 3.8) is 0 Å². The second-order valence-corrected chi connectivity index (χ2v) is 4.18. The Labute approximate surface area is 114 Å². The summed E-state index contributed by atoms with van der Waals surface area (Å²) in [5, 5.41) is 17.6. The quantitative estimate of drug-likeness (QED) is 0.577. The van der Waals surface area contributed by atoms with Crippen LogP contribution in [0.1, 0.15) is 11.6 Å². The Morgan fingerprint density at radius 1 is 1.33 bits per heavy atom. The van der Waals surface area contributed by atoms with E-state index in [0.717, 1.165) is 6.07 Å². The third kappa shape index (κ3) is 3.05. The van der Waals surface area contributed by atoms with Crippen LogP contribution in [0.25, 0.3) is 0 Å². The molecule has 0 unspecified atom stereocenters. The van der Waals surface area contributed by atoms with E-state index in [2.05, 4.69) is 15.9 Å². The van der Waals surface area contributed by atoms with Crippen LogP contribution in [0.5, 0.6) is 5.75 Å². The molecule has 1 rings (SSSR count). The van der Waals surface area contributed by atoms with Gasteiger partial charge in [-0.1, -0.05) is 0 Å². The first kappa shape index (κ1) is 17.4. The Hall–Kier alpha value is -0.570. The molecule has 0 saturated heterocycles. The van der Waals surface area contributed by atoms with E-state index in [-0.39, 0.29) is 12.4 Å². The van der Waals surface area contributed by atoms with Gasteiger partial charge in [0.25, 0.3) is 5.92 Å². The van der Waals surface area contributed by atoms with Crippen LogP contribution in [0.2, 0.25) is 0 Å². The van der Waals surface area contributed by atoms with Crippen molar-refractivity contribution in [3.05, 3.63) is 27.7 Å². The standard InChI is InChI=1S/C9H8BrF4NO2.ClH/c10-4-1-3(7(17)6(12)5(4)11)8(15)9(13,14)2-16;/h1,8,16-17H,2,15H2;1H/t8-;/m1./s1. The highest BCUT2D eigenvalue weighted by Crippen LogP contribution is 2.38. The zero-order valence-electron chi connectivity index (χ0n) is 8.63. The molecule has 9 heteroatoms. The molecule has 4 N–H and O–H groups in total. The van der Waals surface area contributed by atoms with Crippen LogP contribution < -0.4 is 5.73 Å². The van der Waals surface area contributed by atoms with Gasteiger partial charge in [-0.05, 0) is 22.0 Å². The summed E-state index contributed by atoms with van der Waals surface area (Å²) in [6, 6.07) is -1.42. The van der Waals surface area contributed by atoms with Gasteiger partial charge in [0.05, 0.1) is 4.47 Å². The molecule has 0 radical (unpaired) electrons. The molecule has 1 atom stereocenters. The molecule has 18 heavy (non-hydrogen) atoms. The van der Waals surface area contributed by atoms with Crippen LogP contribution in [0, 0.1) is 11.6 Å². The van der Waals surface area contributed by atoms with Crippen molar-refractivity contribution in [2.24, 2.45) is 5.73 Å². The predicted molar refractivity (Wildman–Crippen MR) is 61.9 cm³/mol. The molecule has 0 aliphatic heterocycles. The fourth-order valence-electron chi connectivity index (χ4n) is 1.17. The molecule has 0 bridgehead atoms. The van der Waals surface area contributed by atoms with Gasteiger partial charge in [0.2, 0.25) is 5.82 Å². The topological polar surface area (TPSA) is 66.5 Å². The number of aromatic hydroxyl groups is 1. The minimum absolute atomic E-state index is 0. The lowest BCUT2D eigenvalue weighted by molar-refractivity contribution is -0.0717. The maximum Gasteiger partial charge on any atom is 0.289 e. The van der Waals surface area contributed by atoms with Crippen LogP contribution in [0.4, 0.5) is 17.6 Å². The summed E-state index contributed by atoms with van der Waals surface area (Å²) < 4.78 is 51.7. The summed E-state index contributed by atoms with van der Waals surface area (Å²) in [6.07, 6.45) is 0. The summed E-state index contributed by atoms with van der Waals surface area (Å²) in [5.41, 5.74) is 4.39. The third-order valence-corrected chi connectivity index (χ3v) is 2.74. The summed E-state index contributed by atoms with van der Waals surface area (Å²) in [6.45, 7) is -1.58. The van der Waals surface area contributed by atoms with E-state index in [1.807, 2.05) is 0 Å². The van der Waals surface area contributed by atoms with Crippen molar-refractivity contribution in [2.45, 2.75) is 12.0 Å². The smallest absolute Gasteiger partial charge is 0.289 e. The van der Waals surface area contributed by atoms with Gasteiger partial charge in [-0.25, -0.2) is 13.2 Å². The molecule has 0 aromatic heterocycles. The lowest BCUT2D eigenvalue weighted by atomic mass is 10.0. The molecule has 0 spiro atoms. The van der Waals surface area contributed by atoms with Crippen molar-refractivity contribution >= 4 is 28.3 Å². The van der Waals surface area contributed by atoms with Crippen molar-refractivity contribution in [3.8, 4) is 5.75 Å². The summed E-state index contributed by atoms with van der Waals surface area (Å²) in [7, 11) is 0. The van der Waals surface area contributed by atoms with E-state index in [4.69, 9.17) is 10.8 Å². The molecule has 3 nitrogen and oxygen atoms in total. The van der Waals surface area contributed by atoms with Gasteiger partial charge in [0, 0.05) is 5.56 Å². The Kier molecular flexibility index (Phi) is 5.86. The third-order valence-electron chi connectivity index (χ3n) is 2.17. The minimum Gasteiger partial charge on any atom is -0.505 e. The first-order chi connectivity index (χ1) is 7.72. The highest BCUT2D eigenvalue weighted by atomic mass is 79.9. The Morgan fingerprint density at radius 2 is 1.83 bits per heavy atom. The first-order valence-electron chi connectivity index (χ1n) is 4.33. The Bertz CT molecular complexity index is 447. The number of phenolic OH excluding ortho intramolecular Hbond substituents is 1. The number of hydrogen-bond donors (Lipinski definition) is 3. The van der Waals surface area contributed by atoms with Crippen LogP contribution in [-0.4, -0.2) is 22.7 Å². The van der Waals surface area contributed by atoms with Crippen LogP contribution in [0.15, 0.2) is 10.5 Å². The lowest BCUT2D eigenvalue weighted by Gasteiger charge is -2.22. The second kappa shape index (κ2) is 6.05. The average molecular weight is 355 g/mol. The molecule has 0 aliphatic rings. The van der Waals surface area contributed by atoms with E-state index >= 15 is 0 Å². The van der Waals surface area contributed by atoms with Gasteiger partial charge in [0.15, 0.2) is 11.6 Å². The maximum atomic E-state index is 13.1. The first-order valence-corrected chi connectivity index (χ1v) is 5.12. The maximum absolute atomic E-state index is 13.1. The van der Waals surface area contributed by atoms with Crippen molar-refractivity contribution in [2.75, 3.05) is 6.61 Å². The molecule has 0 aliphatic carbocycles. The monoisotopic (exact) mass is 353 g/mol. The van der Waals surface area contributed by atoms with Gasteiger partial charge in [0.1, 0.15) is 12.6 Å². The van der Waals surface area contributed by atoms with E-state index in [1.165, 1.54) is 0 Å². The highest BCUT2D eigenvalue weighted by Gasteiger charge is 2.39. The molecule has 0 saturated carbocycles. The summed E-state index contributed by atoms with van der Waals surface area (Å²) in [4.78, 5) is 0. The van der Waals surface area contributed by atoms with E-state index in [0.29, 0.717) is 0 Å². The van der Waals surface area contributed by atoms with Gasteiger partial charge in [-0.2, -0.15) is 4.39 Å². The van der Waals surface area contributed by atoms with Crippen LogP contribution in [-0.2, 0) is 0 Å². The number of hydrogen-bond acceptors (Lipinski definition) is 3. The molecule has 1 aromatic rings. The van der Waals surface area contributed by atoms with Crippen molar-refractivity contribution < 1.29 is 27.8 Å². The molecule has 0 heterocycles. The number of aliphatic hydroxyl groups excluding tert-OH is 1. The zero-order chi connectivity index (χ0) is 13.4. The largest absolute Gasteiger partial charge is 0.505 e.